The highest BCUT2D eigenvalue weighted by Crippen LogP contribution is 2.18. The molecule has 1 aromatic carbocycles. The first kappa shape index (κ1) is 11.6. The van der Waals surface area contributed by atoms with Gasteiger partial charge in [0.15, 0.2) is 0 Å². The lowest BCUT2D eigenvalue weighted by Gasteiger charge is -2.18. The normalized spacial score (nSPS) is 15.7. The molecule has 0 radical (unpaired) electrons. The van der Waals surface area contributed by atoms with Gasteiger partial charge < -0.3 is 10.2 Å². The van der Waals surface area contributed by atoms with Crippen molar-refractivity contribution in [3.63, 3.8) is 0 Å². The molecule has 0 atom stereocenters. The van der Waals surface area contributed by atoms with Gasteiger partial charge in [-0.1, -0.05) is 24.3 Å². The van der Waals surface area contributed by atoms with Crippen LogP contribution in [0.25, 0.3) is 0 Å². The quantitative estimate of drug-likeness (QED) is 0.787. The van der Waals surface area contributed by atoms with Crippen molar-refractivity contribution in [1.82, 2.24) is 10.2 Å². The minimum atomic E-state index is 0.826. The molecule has 0 aromatic heterocycles. The molecule has 16 heavy (non-hydrogen) atoms. The van der Waals surface area contributed by atoms with E-state index in [2.05, 4.69) is 48.5 Å². The van der Waals surface area contributed by atoms with E-state index in [1.54, 1.807) is 0 Å². The van der Waals surface area contributed by atoms with E-state index in [9.17, 15) is 0 Å². The molecule has 0 aliphatic heterocycles. The predicted molar refractivity (Wildman–Crippen MR) is 68.5 cm³/mol. The molecular weight excluding hydrogens is 196 g/mol. The van der Waals surface area contributed by atoms with Gasteiger partial charge in [0, 0.05) is 25.7 Å². The van der Waals surface area contributed by atoms with Crippen molar-refractivity contribution in [1.29, 1.82) is 0 Å². The second-order valence-corrected chi connectivity index (χ2v) is 4.89. The fraction of sp³-hybridized carbons (Fsp3) is 0.571. The lowest BCUT2D eigenvalue weighted by Crippen LogP contribution is -2.30. The highest BCUT2D eigenvalue weighted by Gasteiger charge is 2.19. The maximum atomic E-state index is 3.55. The molecule has 2 nitrogen and oxygen atoms in total. The van der Waals surface area contributed by atoms with Gasteiger partial charge in [0.05, 0.1) is 0 Å². The Bertz CT molecular complexity index is 331. The van der Waals surface area contributed by atoms with E-state index in [1.165, 1.54) is 24.0 Å². The Hall–Kier alpha value is -0.860. The summed E-state index contributed by atoms with van der Waals surface area (Å²) in [4.78, 5) is 2.39. The lowest BCUT2D eigenvalue weighted by atomic mass is 10.1. The van der Waals surface area contributed by atoms with Crippen LogP contribution in [0, 0.1) is 6.92 Å². The van der Waals surface area contributed by atoms with E-state index >= 15 is 0 Å². The number of benzene rings is 1. The number of nitrogens with one attached hydrogen (secondary N) is 1. The molecule has 88 valence electrons. The molecule has 1 fully saturated rings. The third kappa shape index (κ3) is 3.62. The maximum Gasteiger partial charge on any atom is 0.0233 e. The topological polar surface area (TPSA) is 15.3 Å². The molecule has 2 rings (SSSR count). The zero-order valence-electron chi connectivity index (χ0n) is 10.4. The van der Waals surface area contributed by atoms with Crippen molar-refractivity contribution in [2.45, 2.75) is 32.4 Å². The molecule has 1 aliphatic rings. The number of likely N-dealkylation sites (N-methyl/N-ethyl adjacent to an activating group) is 1. The van der Waals surface area contributed by atoms with Crippen LogP contribution < -0.4 is 5.32 Å². The Morgan fingerprint density at radius 2 is 2.06 bits per heavy atom. The van der Waals surface area contributed by atoms with Crippen LogP contribution in [0.4, 0.5) is 0 Å². The molecule has 0 spiro atoms. The highest BCUT2D eigenvalue weighted by atomic mass is 15.1. The van der Waals surface area contributed by atoms with Crippen molar-refractivity contribution < 1.29 is 0 Å². The van der Waals surface area contributed by atoms with Gasteiger partial charge in [-0.05, 0) is 37.9 Å². The van der Waals surface area contributed by atoms with E-state index in [-0.39, 0.29) is 0 Å². The monoisotopic (exact) mass is 218 g/mol. The van der Waals surface area contributed by atoms with Gasteiger partial charge in [-0.15, -0.1) is 0 Å². The van der Waals surface area contributed by atoms with Crippen molar-refractivity contribution in [2.75, 3.05) is 20.1 Å². The summed E-state index contributed by atoms with van der Waals surface area (Å²) in [7, 11) is 2.20. The van der Waals surface area contributed by atoms with E-state index in [0.717, 1.165) is 25.7 Å². The summed E-state index contributed by atoms with van der Waals surface area (Å²) in [6.45, 7) is 5.49. The first-order chi connectivity index (χ1) is 7.75. The zero-order valence-corrected chi connectivity index (χ0v) is 10.4. The van der Waals surface area contributed by atoms with Crippen LogP contribution in [0.1, 0.15) is 24.0 Å². The average molecular weight is 218 g/mol. The SMILES string of the molecule is Cc1ccccc1CN(C)CCNC1CC1. The number of rotatable bonds is 6. The number of nitrogens with zero attached hydrogens (tertiary/aromatic N) is 1. The van der Waals surface area contributed by atoms with Gasteiger partial charge in [0.2, 0.25) is 0 Å². The molecule has 0 saturated heterocycles. The number of hydrogen-bond donors (Lipinski definition) is 1. The Kier molecular flexibility index (Phi) is 3.97. The smallest absolute Gasteiger partial charge is 0.0233 e. The van der Waals surface area contributed by atoms with Gasteiger partial charge in [-0.2, -0.15) is 0 Å². The standard InChI is InChI=1S/C14H22N2/c1-12-5-3-4-6-13(12)11-16(2)10-9-15-14-7-8-14/h3-6,14-15H,7-11H2,1-2H3. The Labute approximate surface area is 98.7 Å². The molecule has 1 aromatic rings. The lowest BCUT2D eigenvalue weighted by molar-refractivity contribution is 0.323. The number of aryl methyl sites for hydroxylation is 1. The summed E-state index contributed by atoms with van der Waals surface area (Å²) in [6, 6.07) is 9.46. The second kappa shape index (κ2) is 5.46. The van der Waals surface area contributed by atoms with E-state index < -0.39 is 0 Å². The van der Waals surface area contributed by atoms with Gasteiger partial charge in [-0.25, -0.2) is 0 Å². The first-order valence-electron chi connectivity index (χ1n) is 6.22. The summed E-state index contributed by atoms with van der Waals surface area (Å²) >= 11 is 0. The summed E-state index contributed by atoms with van der Waals surface area (Å²) in [5, 5.41) is 3.55. The molecule has 0 amide bonds. The minimum Gasteiger partial charge on any atom is -0.313 e. The molecule has 2 heteroatoms. The Morgan fingerprint density at radius 1 is 1.31 bits per heavy atom. The van der Waals surface area contributed by atoms with Crippen LogP contribution in [0.15, 0.2) is 24.3 Å². The first-order valence-corrected chi connectivity index (χ1v) is 6.22. The van der Waals surface area contributed by atoms with Crippen molar-refractivity contribution in [3.8, 4) is 0 Å². The molecule has 1 aliphatic carbocycles. The maximum absolute atomic E-state index is 3.55. The number of hydrogen-bond acceptors (Lipinski definition) is 2. The van der Waals surface area contributed by atoms with Crippen LogP contribution in [0.3, 0.4) is 0 Å². The van der Waals surface area contributed by atoms with Crippen LogP contribution in [-0.4, -0.2) is 31.1 Å². The molecule has 1 saturated carbocycles. The fourth-order valence-electron chi connectivity index (χ4n) is 1.90. The molecule has 0 heterocycles. The van der Waals surface area contributed by atoms with Crippen LogP contribution in [0.2, 0.25) is 0 Å². The van der Waals surface area contributed by atoms with Gasteiger partial charge in [0.1, 0.15) is 0 Å². The van der Waals surface area contributed by atoms with Crippen molar-refractivity contribution in [3.05, 3.63) is 35.4 Å². The highest BCUT2D eigenvalue weighted by molar-refractivity contribution is 5.25. The van der Waals surface area contributed by atoms with Crippen molar-refractivity contribution in [2.24, 2.45) is 0 Å². The molecule has 0 bridgehead atoms. The van der Waals surface area contributed by atoms with Crippen LogP contribution in [0.5, 0.6) is 0 Å². The fourth-order valence-corrected chi connectivity index (χ4v) is 1.90. The minimum absolute atomic E-state index is 0.826. The summed E-state index contributed by atoms with van der Waals surface area (Å²) < 4.78 is 0. The molecular formula is C14H22N2. The molecule has 1 N–H and O–H groups in total. The second-order valence-electron chi connectivity index (χ2n) is 4.89. The average Bonchev–Trinajstić information content (AvgIpc) is 3.05. The zero-order chi connectivity index (χ0) is 11.4. The van der Waals surface area contributed by atoms with E-state index in [4.69, 9.17) is 0 Å². The largest absolute Gasteiger partial charge is 0.313 e. The predicted octanol–water partition coefficient (Wildman–Crippen LogP) is 2.18. The third-order valence-electron chi connectivity index (χ3n) is 3.21. The molecule has 0 unspecified atom stereocenters. The Morgan fingerprint density at radius 3 is 2.75 bits per heavy atom. The van der Waals surface area contributed by atoms with Gasteiger partial charge in [-0.3, -0.25) is 0 Å². The van der Waals surface area contributed by atoms with E-state index in [0.29, 0.717) is 0 Å². The van der Waals surface area contributed by atoms with E-state index in [1.807, 2.05) is 0 Å². The van der Waals surface area contributed by atoms with Crippen molar-refractivity contribution >= 4 is 0 Å². The third-order valence-corrected chi connectivity index (χ3v) is 3.21. The summed E-state index contributed by atoms with van der Waals surface area (Å²) in [5.41, 5.74) is 2.83. The van der Waals surface area contributed by atoms with Crippen LogP contribution in [-0.2, 0) is 6.54 Å². The Balaban J connectivity index is 1.73. The van der Waals surface area contributed by atoms with Gasteiger partial charge in [0.25, 0.3) is 0 Å². The van der Waals surface area contributed by atoms with Crippen LogP contribution >= 0.6 is 0 Å². The van der Waals surface area contributed by atoms with Gasteiger partial charge >= 0.3 is 0 Å². The summed E-state index contributed by atoms with van der Waals surface area (Å²) in [6.07, 6.45) is 2.75. The summed E-state index contributed by atoms with van der Waals surface area (Å²) in [5.74, 6) is 0.